The van der Waals surface area contributed by atoms with Crippen LogP contribution in [-0.2, 0) is 14.9 Å². The summed E-state index contributed by atoms with van der Waals surface area (Å²) in [5, 5.41) is 13.1. The summed E-state index contributed by atoms with van der Waals surface area (Å²) in [6, 6.07) is 8.20. The van der Waals surface area contributed by atoms with Crippen LogP contribution in [0.25, 0.3) is 0 Å². The van der Waals surface area contributed by atoms with E-state index in [0.717, 1.165) is 18.2 Å². The number of amides is 1. The summed E-state index contributed by atoms with van der Waals surface area (Å²) in [7, 11) is -3.22. The maximum absolute atomic E-state index is 12.2. The van der Waals surface area contributed by atoms with Crippen molar-refractivity contribution in [3.05, 3.63) is 58.1 Å². The SMILES string of the molecule is COc1ccc(S(=O)(=O)O)cc1NC(=O)CC(=O)c1cccc([N+](=O)[O-])c1.[Na+]. The van der Waals surface area contributed by atoms with Crippen LogP contribution in [0.4, 0.5) is 11.4 Å². The molecular formula is C16H14N2NaO8S+. The van der Waals surface area contributed by atoms with Gasteiger partial charge >= 0.3 is 29.6 Å². The van der Waals surface area contributed by atoms with Crippen molar-refractivity contribution in [2.75, 3.05) is 12.4 Å². The third-order valence-electron chi connectivity index (χ3n) is 3.44. The van der Waals surface area contributed by atoms with Crippen LogP contribution in [0.3, 0.4) is 0 Å². The molecule has 0 aliphatic rings. The number of benzene rings is 2. The molecule has 28 heavy (non-hydrogen) atoms. The molecule has 0 bridgehead atoms. The van der Waals surface area contributed by atoms with Crippen molar-refractivity contribution < 1.29 is 61.8 Å². The van der Waals surface area contributed by atoms with E-state index in [2.05, 4.69) is 5.32 Å². The van der Waals surface area contributed by atoms with Crippen molar-refractivity contribution in [2.45, 2.75) is 11.3 Å². The second-order valence-corrected chi connectivity index (χ2v) is 6.71. The van der Waals surface area contributed by atoms with Crippen molar-refractivity contribution >= 4 is 33.2 Å². The largest absolute Gasteiger partial charge is 1.00 e. The van der Waals surface area contributed by atoms with Gasteiger partial charge in [0.1, 0.15) is 5.75 Å². The van der Waals surface area contributed by atoms with Crippen molar-refractivity contribution in [1.82, 2.24) is 0 Å². The molecule has 0 heterocycles. The van der Waals surface area contributed by atoms with Crippen LogP contribution in [0.15, 0.2) is 47.4 Å². The Labute approximate surface area is 182 Å². The summed E-state index contributed by atoms with van der Waals surface area (Å²) in [5.41, 5.74) is -0.369. The number of hydrogen-bond acceptors (Lipinski definition) is 7. The van der Waals surface area contributed by atoms with Gasteiger partial charge in [-0.25, -0.2) is 0 Å². The number of nitro benzene ring substituents is 1. The maximum atomic E-state index is 12.2. The van der Waals surface area contributed by atoms with E-state index in [1.54, 1.807) is 0 Å². The number of anilines is 1. The summed E-state index contributed by atoms with van der Waals surface area (Å²) in [6.07, 6.45) is -0.638. The van der Waals surface area contributed by atoms with E-state index in [9.17, 15) is 28.1 Å². The standard InChI is InChI=1S/C16H14N2O8S.Na/c1-26-15-6-5-12(27(23,24)25)8-13(15)17-16(20)9-14(19)10-3-2-4-11(7-10)18(21)22;/h2-8H,9H2,1H3,(H,17,20)(H,23,24,25);/q;+1. The van der Waals surface area contributed by atoms with E-state index in [-0.39, 0.29) is 52.2 Å². The van der Waals surface area contributed by atoms with Gasteiger partial charge in [-0.05, 0) is 18.2 Å². The number of hydrogen-bond donors (Lipinski definition) is 2. The Morgan fingerprint density at radius 2 is 1.89 bits per heavy atom. The number of ketones is 1. The van der Waals surface area contributed by atoms with Crippen LogP contribution >= 0.6 is 0 Å². The van der Waals surface area contributed by atoms with Gasteiger partial charge in [0.15, 0.2) is 5.78 Å². The fourth-order valence-electron chi connectivity index (χ4n) is 2.18. The van der Waals surface area contributed by atoms with Gasteiger partial charge in [-0.3, -0.25) is 24.3 Å². The first kappa shape index (κ1) is 23.7. The Kier molecular flexibility index (Phi) is 8.27. The second kappa shape index (κ2) is 9.75. The molecule has 0 saturated heterocycles. The van der Waals surface area contributed by atoms with E-state index >= 15 is 0 Å². The molecule has 0 aliphatic carbocycles. The maximum Gasteiger partial charge on any atom is 1.00 e. The molecule has 0 aromatic heterocycles. The van der Waals surface area contributed by atoms with Gasteiger partial charge in [-0.1, -0.05) is 12.1 Å². The number of ether oxygens (including phenoxy) is 1. The van der Waals surface area contributed by atoms with Crippen LogP contribution in [0.5, 0.6) is 5.75 Å². The summed E-state index contributed by atoms with van der Waals surface area (Å²) >= 11 is 0. The van der Waals surface area contributed by atoms with Crippen LogP contribution in [0.2, 0.25) is 0 Å². The van der Waals surface area contributed by atoms with Gasteiger partial charge in [0.25, 0.3) is 15.8 Å². The predicted molar refractivity (Wildman–Crippen MR) is 93.5 cm³/mol. The van der Waals surface area contributed by atoms with Gasteiger partial charge in [-0.2, -0.15) is 8.42 Å². The molecule has 0 fully saturated rings. The number of Topliss-reactive ketones (excluding diaryl/α,β-unsaturated/α-hetero) is 1. The third kappa shape index (κ3) is 6.11. The fraction of sp³-hybridized carbons (Fsp3) is 0.125. The quantitative estimate of drug-likeness (QED) is 0.146. The van der Waals surface area contributed by atoms with Gasteiger partial charge in [0.2, 0.25) is 5.91 Å². The van der Waals surface area contributed by atoms with Crippen molar-refractivity contribution in [2.24, 2.45) is 0 Å². The summed E-state index contributed by atoms with van der Waals surface area (Å²) in [4.78, 5) is 33.9. The van der Waals surface area contributed by atoms with E-state index in [1.165, 1.54) is 31.4 Å². The Bertz CT molecular complexity index is 1020. The topological polar surface area (TPSA) is 153 Å². The van der Waals surface area contributed by atoms with Crippen LogP contribution in [0, 0.1) is 10.1 Å². The second-order valence-electron chi connectivity index (χ2n) is 5.29. The number of nitrogens with one attached hydrogen (secondary N) is 1. The molecule has 142 valence electrons. The number of carbonyl (C=O) groups is 2. The zero-order chi connectivity index (χ0) is 20.2. The van der Waals surface area contributed by atoms with Gasteiger partial charge in [0.05, 0.1) is 29.0 Å². The average molecular weight is 417 g/mol. The molecule has 0 spiro atoms. The van der Waals surface area contributed by atoms with E-state index < -0.39 is 38.0 Å². The minimum Gasteiger partial charge on any atom is -0.495 e. The molecule has 0 saturated carbocycles. The summed E-state index contributed by atoms with van der Waals surface area (Å²) < 4.78 is 36.5. The van der Waals surface area contributed by atoms with E-state index in [0.29, 0.717) is 0 Å². The molecule has 0 unspecified atom stereocenters. The van der Waals surface area contributed by atoms with E-state index in [1.807, 2.05) is 0 Å². The third-order valence-corrected chi connectivity index (χ3v) is 4.29. The zero-order valence-electron chi connectivity index (χ0n) is 14.9. The first-order valence-electron chi connectivity index (χ1n) is 7.35. The minimum absolute atomic E-state index is 0. The molecule has 2 rings (SSSR count). The molecular weight excluding hydrogens is 403 g/mol. The first-order chi connectivity index (χ1) is 12.6. The van der Waals surface area contributed by atoms with Crippen LogP contribution in [-0.4, -0.2) is 36.7 Å². The monoisotopic (exact) mass is 417 g/mol. The molecule has 0 radical (unpaired) electrons. The number of non-ortho nitro benzene ring substituents is 1. The Balaban J connectivity index is 0.00000392. The number of nitro groups is 1. The predicted octanol–water partition coefficient (Wildman–Crippen LogP) is -0.934. The molecule has 2 aromatic carbocycles. The van der Waals surface area contributed by atoms with Gasteiger partial charge < -0.3 is 10.1 Å². The summed E-state index contributed by atoms with van der Waals surface area (Å²) in [6.45, 7) is 0. The smallest absolute Gasteiger partial charge is 0.495 e. The van der Waals surface area contributed by atoms with Crippen LogP contribution < -0.4 is 39.6 Å². The Morgan fingerprint density at radius 3 is 2.46 bits per heavy atom. The minimum atomic E-state index is -4.50. The molecule has 0 aliphatic heterocycles. The van der Waals surface area contributed by atoms with Crippen molar-refractivity contribution in [3.8, 4) is 5.75 Å². The van der Waals surface area contributed by atoms with Crippen molar-refractivity contribution in [3.63, 3.8) is 0 Å². The van der Waals surface area contributed by atoms with Gasteiger partial charge in [0, 0.05) is 17.7 Å². The van der Waals surface area contributed by atoms with Gasteiger partial charge in [-0.15, -0.1) is 0 Å². The molecule has 0 atom stereocenters. The molecule has 12 heteroatoms. The van der Waals surface area contributed by atoms with Crippen molar-refractivity contribution in [1.29, 1.82) is 0 Å². The Morgan fingerprint density at radius 1 is 1.21 bits per heavy atom. The first-order valence-corrected chi connectivity index (χ1v) is 8.79. The normalized spacial score (nSPS) is 10.5. The van der Waals surface area contributed by atoms with Crippen LogP contribution in [0.1, 0.15) is 16.8 Å². The average Bonchev–Trinajstić information content (AvgIpc) is 2.60. The molecule has 2 N–H and O–H groups in total. The number of carbonyl (C=O) groups excluding carboxylic acids is 2. The number of rotatable bonds is 7. The van der Waals surface area contributed by atoms with E-state index in [4.69, 9.17) is 9.29 Å². The molecule has 2 aromatic rings. The molecule has 10 nitrogen and oxygen atoms in total. The summed E-state index contributed by atoms with van der Waals surface area (Å²) in [5.74, 6) is -1.35. The zero-order valence-corrected chi connectivity index (χ0v) is 17.7. The Hall–Kier alpha value is -2.31. The number of methoxy groups -OCH3 is 1. The molecule has 1 amide bonds. The number of nitrogens with zero attached hydrogens (tertiary/aromatic N) is 1. The fourth-order valence-corrected chi connectivity index (χ4v) is 2.69.